The first-order valence-electron chi connectivity index (χ1n) is 7.21. The molecule has 0 aromatic carbocycles. The van der Waals surface area contributed by atoms with Crippen LogP contribution in [0.25, 0.3) is 0 Å². The second kappa shape index (κ2) is 4.61. The molecular formula is C15H23NO. The Hall–Kier alpha value is -0.550. The zero-order chi connectivity index (χ0) is 11.8. The molecule has 1 unspecified atom stereocenters. The van der Waals surface area contributed by atoms with Gasteiger partial charge in [0, 0.05) is 13.5 Å². The van der Waals surface area contributed by atoms with Gasteiger partial charge in [-0.15, -0.1) is 0 Å². The van der Waals surface area contributed by atoms with Crippen molar-refractivity contribution < 1.29 is 4.74 Å². The molecule has 0 radical (unpaired) electrons. The van der Waals surface area contributed by atoms with Gasteiger partial charge in [-0.1, -0.05) is 0 Å². The summed E-state index contributed by atoms with van der Waals surface area (Å²) in [4.78, 5) is 0. The molecule has 0 aromatic heterocycles. The van der Waals surface area contributed by atoms with Gasteiger partial charge in [-0.3, -0.25) is 0 Å². The van der Waals surface area contributed by atoms with E-state index < -0.39 is 0 Å². The molecule has 0 N–H and O–H groups in total. The Labute approximate surface area is 104 Å². The molecule has 0 heterocycles. The van der Waals surface area contributed by atoms with E-state index >= 15 is 0 Å². The van der Waals surface area contributed by atoms with E-state index in [2.05, 4.69) is 6.07 Å². The van der Waals surface area contributed by atoms with Crippen LogP contribution in [0.3, 0.4) is 0 Å². The lowest BCUT2D eigenvalue weighted by Gasteiger charge is -2.56. The fraction of sp³-hybridized carbons (Fsp3) is 0.933. The van der Waals surface area contributed by atoms with Crippen molar-refractivity contribution in [1.82, 2.24) is 0 Å². The van der Waals surface area contributed by atoms with Gasteiger partial charge in [0.1, 0.15) is 0 Å². The SMILES string of the molecule is COC(CCC#N)C1C2CC3CC(C2)CC1C3. The number of hydrogen-bond donors (Lipinski definition) is 0. The van der Waals surface area contributed by atoms with Gasteiger partial charge in [-0.05, 0) is 68.1 Å². The Bertz CT molecular complexity index is 291. The minimum absolute atomic E-state index is 0.352. The summed E-state index contributed by atoms with van der Waals surface area (Å²) in [5, 5.41) is 8.76. The summed E-state index contributed by atoms with van der Waals surface area (Å²) in [7, 11) is 1.84. The van der Waals surface area contributed by atoms with Gasteiger partial charge in [-0.2, -0.15) is 5.26 Å². The maximum absolute atomic E-state index is 8.76. The molecule has 2 nitrogen and oxygen atoms in total. The average Bonchev–Trinajstić information content (AvgIpc) is 2.31. The molecule has 4 rings (SSSR count). The van der Waals surface area contributed by atoms with Crippen LogP contribution in [-0.4, -0.2) is 13.2 Å². The van der Waals surface area contributed by atoms with Crippen LogP contribution in [0, 0.1) is 40.9 Å². The number of methoxy groups -OCH3 is 1. The minimum atomic E-state index is 0.352. The number of rotatable bonds is 4. The normalized spacial score (nSPS) is 44.6. The smallest absolute Gasteiger partial charge is 0.0622 e. The second-order valence-electron chi connectivity index (χ2n) is 6.48. The average molecular weight is 233 g/mol. The van der Waals surface area contributed by atoms with Gasteiger partial charge in [0.05, 0.1) is 12.2 Å². The quantitative estimate of drug-likeness (QED) is 0.745. The van der Waals surface area contributed by atoms with Crippen molar-refractivity contribution in [2.75, 3.05) is 7.11 Å². The highest BCUT2D eigenvalue weighted by molar-refractivity contribution is 5.00. The largest absolute Gasteiger partial charge is 0.381 e. The van der Waals surface area contributed by atoms with Crippen molar-refractivity contribution >= 4 is 0 Å². The monoisotopic (exact) mass is 233 g/mol. The van der Waals surface area contributed by atoms with Crippen LogP contribution < -0.4 is 0 Å². The summed E-state index contributed by atoms with van der Waals surface area (Å²) >= 11 is 0. The fourth-order valence-electron chi connectivity index (χ4n) is 5.25. The highest BCUT2D eigenvalue weighted by Crippen LogP contribution is 2.57. The number of hydrogen-bond acceptors (Lipinski definition) is 2. The molecule has 4 bridgehead atoms. The molecule has 4 aliphatic rings. The van der Waals surface area contributed by atoms with Crippen LogP contribution in [0.15, 0.2) is 0 Å². The highest BCUT2D eigenvalue weighted by Gasteiger charge is 2.50. The third-order valence-electron chi connectivity index (χ3n) is 5.57. The molecule has 17 heavy (non-hydrogen) atoms. The van der Waals surface area contributed by atoms with E-state index in [-0.39, 0.29) is 0 Å². The molecule has 0 aromatic rings. The zero-order valence-electron chi connectivity index (χ0n) is 10.8. The van der Waals surface area contributed by atoms with E-state index in [1.54, 1.807) is 0 Å². The van der Waals surface area contributed by atoms with E-state index in [0.717, 1.165) is 36.0 Å². The van der Waals surface area contributed by atoms with Crippen LogP contribution in [0.4, 0.5) is 0 Å². The molecule has 0 aliphatic heterocycles. The third-order valence-corrected chi connectivity index (χ3v) is 5.57. The number of nitrogens with zero attached hydrogens (tertiary/aromatic N) is 1. The van der Waals surface area contributed by atoms with Gasteiger partial charge < -0.3 is 4.74 Å². The Morgan fingerprint density at radius 3 is 2.18 bits per heavy atom. The Kier molecular flexibility index (Phi) is 3.13. The van der Waals surface area contributed by atoms with Gasteiger partial charge in [0.2, 0.25) is 0 Å². The molecule has 0 amide bonds. The van der Waals surface area contributed by atoms with Crippen molar-refractivity contribution in [2.24, 2.45) is 29.6 Å². The predicted octanol–water partition coefficient (Wildman–Crippen LogP) is 3.38. The van der Waals surface area contributed by atoms with E-state index in [9.17, 15) is 0 Å². The van der Waals surface area contributed by atoms with Crippen molar-refractivity contribution in [2.45, 2.75) is 51.0 Å². The lowest BCUT2D eigenvalue weighted by Crippen LogP contribution is -2.49. The zero-order valence-corrected chi connectivity index (χ0v) is 10.8. The first-order valence-corrected chi connectivity index (χ1v) is 7.21. The summed E-state index contributed by atoms with van der Waals surface area (Å²) in [6.45, 7) is 0. The van der Waals surface area contributed by atoms with E-state index in [1.807, 2.05) is 7.11 Å². The van der Waals surface area contributed by atoms with E-state index in [4.69, 9.17) is 10.00 Å². The predicted molar refractivity (Wildman–Crippen MR) is 66.2 cm³/mol. The Morgan fingerprint density at radius 1 is 1.12 bits per heavy atom. The number of ether oxygens (including phenoxy) is 1. The van der Waals surface area contributed by atoms with Crippen molar-refractivity contribution in [1.29, 1.82) is 5.26 Å². The Morgan fingerprint density at radius 2 is 1.71 bits per heavy atom. The van der Waals surface area contributed by atoms with E-state index in [1.165, 1.54) is 32.1 Å². The van der Waals surface area contributed by atoms with Crippen molar-refractivity contribution in [3.05, 3.63) is 0 Å². The van der Waals surface area contributed by atoms with Crippen molar-refractivity contribution in [3.63, 3.8) is 0 Å². The molecule has 4 fully saturated rings. The second-order valence-corrected chi connectivity index (χ2v) is 6.48. The van der Waals surface area contributed by atoms with Gasteiger partial charge in [-0.25, -0.2) is 0 Å². The standard InChI is InChI=1S/C15H23NO/c1-17-14(3-2-4-16)15-12-6-10-5-11(8-12)9-13(15)7-10/h10-15H,2-3,5-9H2,1H3. The van der Waals surface area contributed by atoms with Crippen LogP contribution >= 0.6 is 0 Å². The van der Waals surface area contributed by atoms with Crippen LogP contribution in [0.5, 0.6) is 0 Å². The molecular weight excluding hydrogens is 210 g/mol. The maximum atomic E-state index is 8.76. The third kappa shape index (κ3) is 1.99. The lowest BCUT2D eigenvalue weighted by atomic mass is 9.50. The molecule has 4 aliphatic carbocycles. The molecule has 4 saturated carbocycles. The molecule has 0 saturated heterocycles. The topological polar surface area (TPSA) is 33.0 Å². The van der Waals surface area contributed by atoms with Crippen LogP contribution in [0.1, 0.15) is 44.9 Å². The molecule has 2 heteroatoms. The van der Waals surface area contributed by atoms with E-state index in [0.29, 0.717) is 12.5 Å². The van der Waals surface area contributed by atoms with Gasteiger partial charge in [0.25, 0.3) is 0 Å². The summed E-state index contributed by atoms with van der Waals surface area (Å²) in [5.74, 6) is 4.65. The first kappa shape index (κ1) is 11.5. The summed E-state index contributed by atoms with van der Waals surface area (Å²) < 4.78 is 5.73. The fourth-order valence-corrected chi connectivity index (χ4v) is 5.25. The molecule has 94 valence electrons. The minimum Gasteiger partial charge on any atom is -0.381 e. The summed E-state index contributed by atoms with van der Waals surface area (Å²) in [6, 6.07) is 2.27. The maximum Gasteiger partial charge on any atom is 0.0622 e. The van der Waals surface area contributed by atoms with Crippen LogP contribution in [0.2, 0.25) is 0 Å². The number of nitriles is 1. The van der Waals surface area contributed by atoms with Crippen LogP contribution in [-0.2, 0) is 4.74 Å². The lowest BCUT2D eigenvalue weighted by molar-refractivity contribution is -0.102. The molecule has 1 atom stereocenters. The molecule has 0 spiro atoms. The van der Waals surface area contributed by atoms with Crippen molar-refractivity contribution in [3.8, 4) is 6.07 Å². The Balaban J connectivity index is 1.72. The van der Waals surface area contributed by atoms with Gasteiger partial charge in [0.15, 0.2) is 0 Å². The first-order chi connectivity index (χ1) is 8.31. The summed E-state index contributed by atoms with van der Waals surface area (Å²) in [5.41, 5.74) is 0. The van der Waals surface area contributed by atoms with Gasteiger partial charge >= 0.3 is 0 Å². The summed E-state index contributed by atoms with van der Waals surface area (Å²) in [6.07, 6.45) is 9.25. The highest BCUT2D eigenvalue weighted by atomic mass is 16.5.